The van der Waals surface area contributed by atoms with Crippen molar-refractivity contribution in [2.45, 2.75) is 6.92 Å². The molecule has 0 spiro atoms. The van der Waals surface area contributed by atoms with Crippen molar-refractivity contribution in [1.29, 1.82) is 0 Å². The molecule has 0 fully saturated rings. The van der Waals surface area contributed by atoms with E-state index in [1.54, 1.807) is 13.0 Å². The molecule has 7 heteroatoms. The highest BCUT2D eigenvalue weighted by Crippen LogP contribution is 2.25. The van der Waals surface area contributed by atoms with E-state index in [-0.39, 0.29) is 11.6 Å². The summed E-state index contributed by atoms with van der Waals surface area (Å²) in [6.45, 7) is 1.69. The predicted molar refractivity (Wildman–Crippen MR) is 55.0 cm³/mol. The van der Waals surface area contributed by atoms with Gasteiger partial charge in [-0.25, -0.2) is 14.6 Å². The number of ether oxygens (including phenoxy) is 4. The molecule has 0 unspecified atom stereocenters. The molecule has 1 rings (SSSR count). The Balaban J connectivity index is 2.95. The first-order valence-electron chi connectivity index (χ1n) is 4.56. The molecule has 0 amide bonds. The van der Waals surface area contributed by atoms with E-state index >= 15 is 0 Å². The third-order valence-electron chi connectivity index (χ3n) is 1.67. The number of rotatable bonds is 2. The van der Waals surface area contributed by atoms with E-state index in [0.717, 1.165) is 14.2 Å². The van der Waals surface area contributed by atoms with Gasteiger partial charge in [-0.3, -0.25) is 0 Å². The fraction of sp³-hybridized carbons (Fsp3) is 0.300. The quantitative estimate of drug-likeness (QED) is 0.728. The summed E-state index contributed by atoms with van der Waals surface area (Å²) in [4.78, 5) is 25.8. The van der Waals surface area contributed by atoms with E-state index in [9.17, 15) is 9.59 Å². The maximum Gasteiger partial charge on any atom is 0.515 e. The van der Waals surface area contributed by atoms with E-state index in [0.29, 0.717) is 5.69 Å². The maximum absolute atomic E-state index is 10.9. The second-order valence-electron chi connectivity index (χ2n) is 2.87. The Morgan fingerprint density at radius 1 is 1.06 bits per heavy atom. The zero-order valence-electron chi connectivity index (χ0n) is 9.55. The number of hydrogen-bond donors (Lipinski definition) is 0. The molecule has 0 saturated heterocycles. The van der Waals surface area contributed by atoms with Crippen LogP contribution >= 0.6 is 0 Å². The van der Waals surface area contributed by atoms with Crippen molar-refractivity contribution in [3.05, 3.63) is 17.8 Å². The molecule has 7 nitrogen and oxygen atoms in total. The third kappa shape index (κ3) is 3.63. The van der Waals surface area contributed by atoms with Crippen LogP contribution in [0.4, 0.5) is 9.59 Å². The molecule has 0 aliphatic heterocycles. The lowest BCUT2D eigenvalue weighted by molar-refractivity contribution is 0.109. The standard InChI is InChI=1S/C10H11NO6/c1-6-4-5-7(16-9(12)14-2)8(11-6)17-10(13)15-3/h4-5H,1-3H3. The van der Waals surface area contributed by atoms with E-state index in [1.165, 1.54) is 6.07 Å². The number of nitrogens with zero attached hydrogens (tertiary/aromatic N) is 1. The molecule has 0 N–H and O–H groups in total. The summed E-state index contributed by atoms with van der Waals surface area (Å²) in [7, 11) is 2.31. The summed E-state index contributed by atoms with van der Waals surface area (Å²) >= 11 is 0. The minimum Gasteiger partial charge on any atom is -0.437 e. The van der Waals surface area contributed by atoms with Crippen molar-refractivity contribution in [1.82, 2.24) is 4.98 Å². The van der Waals surface area contributed by atoms with Gasteiger partial charge in [-0.1, -0.05) is 0 Å². The molecular formula is C10H11NO6. The molecule has 0 radical (unpaired) electrons. The van der Waals surface area contributed by atoms with E-state index < -0.39 is 12.3 Å². The van der Waals surface area contributed by atoms with Gasteiger partial charge in [0.25, 0.3) is 5.88 Å². The number of carbonyl (C=O) groups excluding carboxylic acids is 2. The monoisotopic (exact) mass is 241 g/mol. The molecule has 92 valence electrons. The van der Waals surface area contributed by atoms with Crippen molar-refractivity contribution in [2.75, 3.05) is 14.2 Å². The summed E-state index contributed by atoms with van der Waals surface area (Å²) in [6.07, 6.45) is -1.90. The zero-order chi connectivity index (χ0) is 12.8. The maximum atomic E-state index is 10.9. The second kappa shape index (κ2) is 5.69. The van der Waals surface area contributed by atoms with Crippen molar-refractivity contribution >= 4 is 12.3 Å². The SMILES string of the molecule is COC(=O)Oc1ccc(C)nc1OC(=O)OC. The highest BCUT2D eigenvalue weighted by molar-refractivity contribution is 5.67. The molecule has 0 bridgehead atoms. The number of pyridine rings is 1. The van der Waals surface area contributed by atoms with Gasteiger partial charge in [0.2, 0.25) is 0 Å². The van der Waals surface area contributed by atoms with Crippen LogP contribution in [0.2, 0.25) is 0 Å². The zero-order valence-corrected chi connectivity index (χ0v) is 9.55. The molecule has 1 aromatic heterocycles. The summed E-state index contributed by atoms with van der Waals surface area (Å²) in [5, 5.41) is 0. The average molecular weight is 241 g/mol. The smallest absolute Gasteiger partial charge is 0.437 e. The van der Waals surface area contributed by atoms with E-state index in [4.69, 9.17) is 9.47 Å². The van der Waals surface area contributed by atoms with Crippen LogP contribution in [0.5, 0.6) is 11.6 Å². The molecule has 0 aliphatic rings. The minimum atomic E-state index is -0.960. The molecule has 0 aliphatic carbocycles. The van der Waals surface area contributed by atoms with Crippen molar-refractivity contribution in [2.24, 2.45) is 0 Å². The van der Waals surface area contributed by atoms with E-state index in [1.807, 2.05) is 0 Å². The highest BCUT2D eigenvalue weighted by atomic mass is 16.7. The van der Waals surface area contributed by atoms with Gasteiger partial charge in [-0.15, -0.1) is 0 Å². The molecular weight excluding hydrogens is 230 g/mol. The van der Waals surface area contributed by atoms with Crippen LogP contribution in [-0.2, 0) is 9.47 Å². The Hall–Kier alpha value is -2.31. The number of aromatic nitrogens is 1. The minimum absolute atomic E-state index is 0.0344. The Bertz CT molecular complexity index is 431. The van der Waals surface area contributed by atoms with Crippen LogP contribution in [0.3, 0.4) is 0 Å². The highest BCUT2D eigenvalue weighted by Gasteiger charge is 2.15. The van der Waals surface area contributed by atoms with Crippen LogP contribution in [0, 0.1) is 6.92 Å². The molecule has 0 atom stereocenters. The number of carbonyl (C=O) groups is 2. The van der Waals surface area contributed by atoms with Gasteiger partial charge in [0.05, 0.1) is 14.2 Å². The van der Waals surface area contributed by atoms with Gasteiger partial charge in [-0.05, 0) is 19.1 Å². The summed E-state index contributed by atoms with van der Waals surface area (Å²) in [6, 6.07) is 3.01. The van der Waals surface area contributed by atoms with Gasteiger partial charge >= 0.3 is 12.3 Å². The lowest BCUT2D eigenvalue weighted by Gasteiger charge is -2.08. The molecule has 17 heavy (non-hydrogen) atoms. The van der Waals surface area contributed by atoms with Gasteiger partial charge < -0.3 is 18.9 Å². The van der Waals surface area contributed by atoms with Crippen molar-refractivity contribution in [3.63, 3.8) is 0 Å². The van der Waals surface area contributed by atoms with Gasteiger partial charge in [0.1, 0.15) is 0 Å². The van der Waals surface area contributed by atoms with Crippen LogP contribution in [0.15, 0.2) is 12.1 Å². The van der Waals surface area contributed by atoms with E-state index in [2.05, 4.69) is 14.5 Å². The Morgan fingerprint density at radius 3 is 2.24 bits per heavy atom. The second-order valence-corrected chi connectivity index (χ2v) is 2.87. The predicted octanol–water partition coefficient (Wildman–Crippen LogP) is 1.68. The molecule has 0 saturated carbocycles. The normalized spacial score (nSPS) is 9.35. The first kappa shape index (κ1) is 12.8. The van der Waals surface area contributed by atoms with Gasteiger partial charge in [-0.2, -0.15) is 0 Å². The Labute approximate surface area is 97.3 Å². The van der Waals surface area contributed by atoms with Gasteiger partial charge in [0.15, 0.2) is 5.75 Å². The number of aryl methyl sites for hydroxylation is 1. The summed E-state index contributed by atoms with van der Waals surface area (Å²) < 4.78 is 18.1. The topological polar surface area (TPSA) is 84.0 Å². The molecule has 1 heterocycles. The molecule has 0 aromatic carbocycles. The Kier molecular flexibility index (Phi) is 4.27. The van der Waals surface area contributed by atoms with Crippen LogP contribution in [-0.4, -0.2) is 31.5 Å². The largest absolute Gasteiger partial charge is 0.515 e. The lowest BCUT2D eigenvalue weighted by atomic mass is 10.3. The van der Waals surface area contributed by atoms with Crippen molar-refractivity contribution < 1.29 is 28.5 Å². The third-order valence-corrected chi connectivity index (χ3v) is 1.67. The lowest BCUT2D eigenvalue weighted by Crippen LogP contribution is -2.13. The average Bonchev–Trinajstić information content (AvgIpc) is 2.32. The van der Waals surface area contributed by atoms with Crippen LogP contribution in [0.25, 0.3) is 0 Å². The fourth-order valence-electron chi connectivity index (χ4n) is 0.923. The first-order chi connectivity index (χ1) is 8.06. The van der Waals surface area contributed by atoms with Crippen LogP contribution < -0.4 is 9.47 Å². The summed E-state index contributed by atoms with van der Waals surface area (Å²) in [5.41, 5.74) is 0.584. The molecule has 1 aromatic rings. The van der Waals surface area contributed by atoms with Crippen molar-refractivity contribution in [3.8, 4) is 11.6 Å². The van der Waals surface area contributed by atoms with Gasteiger partial charge in [0, 0.05) is 5.69 Å². The number of hydrogen-bond acceptors (Lipinski definition) is 7. The first-order valence-corrected chi connectivity index (χ1v) is 4.56. The Morgan fingerprint density at radius 2 is 1.65 bits per heavy atom. The summed E-state index contributed by atoms with van der Waals surface area (Å²) in [5.74, 6) is -0.199. The number of methoxy groups -OCH3 is 2. The fourth-order valence-corrected chi connectivity index (χ4v) is 0.923. The van der Waals surface area contributed by atoms with Crippen LogP contribution in [0.1, 0.15) is 5.69 Å².